The summed E-state index contributed by atoms with van der Waals surface area (Å²) in [4.78, 5) is 20.2. The Morgan fingerprint density at radius 2 is 2.04 bits per heavy atom. The number of hydrogen-bond donors (Lipinski definition) is 0. The van der Waals surface area contributed by atoms with E-state index in [9.17, 15) is 4.79 Å². The smallest absolute Gasteiger partial charge is 0.264 e. The van der Waals surface area contributed by atoms with Crippen LogP contribution >= 0.6 is 11.3 Å². The van der Waals surface area contributed by atoms with Crippen molar-refractivity contribution in [1.82, 2.24) is 14.5 Å². The number of hydrogen-bond acceptors (Lipinski definition) is 3. The molecular weight excluding hydrogens is 330 g/mol. The molecule has 4 nitrogen and oxygen atoms in total. The number of carbonyl (C=O) groups excluding carboxylic acids is 1. The van der Waals surface area contributed by atoms with Crippen molar-refractivity contribution in [2.24, 2.45) is 5.92 Å². The van der Waals surface area contributed by atoms with Crippen molar-refractivity contribution in [2.75, 3.05) is 6.54 Å². The summed E-state index contributed by atoms with van der Waals surface area (Å²) in [5.74, 6) is 1.71. The lowest BCUT2D eigenvalue weighted by Gasteiger charge is -2.22. The van der Waals surface area contributed by atoms with E-state index >= 15 is 0 Å². The standard InChI is InChI=1S/C20H21N3OS/c24-20(18-7-4-12-25-18)23(14-17-8-9-17)15-19-21-10-11-22(19)13-16-5-2-1-3-6-16/h1-7,10-12,17H,8-9,13-15H2. The van der Waals surface area contributed by atoms with Crippen LogP contribution in [0.1, 0.15) is 33.9 Å². The van der Waals surface area contributed by atoms with Crippen LogP contribution < -0.4 is 0 Å². The van der Waals surface area contributed by atoms with Gasteiger partial charge in [-0.3, -0.25) is 4.79 Å². The Bertz CT molecular complexity index is 822. The zero-order valence-electron chi connectivity index (χ0n) is 14.0. The average Bonchev–Trinajstić information content (AvgIpc) is 3.10. The van der Waals surface area contributed by atoms with Crippen LogP contribution in [0.5, 0.6) is 0 Å². The van der Waals surface area contributed by atoms with E-state index in [0.29, 0.717) is 12.5 Å². The van der Waals surface area contributed by atoms with Gasteiger partial charge < -0.3 is 9.47 Å². The summed E-state index contributed by atoms with van der Waals surface area (Å²) in [5.41, 5.74) is 1.24. The Balaban J connectivity index is 1.52. The van der Waals surface area contributed by atoms with E-state index in [2.05, 4.69) is 21.7 Å². The van der Waals surface area contributed by atoms with E-state index in [0.717, 1.165) is 23.8 Å². The lowest BCUT2D eigenvalue weighted by Crippen LogP contribution is -2.33. The Labute approximate surface area is 151 Å². The zero-order valence-corrected chi connectivity index (χ0v) is 14.9. The van der Waals surface area contributed by atoms with Gasteiger partial charge in [-0.05, 0) is 35.8 Å². The minimum Gasteiger partial charge on any atom is -0.330 e. The second-order valence-electron chi connectivity index (χ2n) is 6.56. The molecule has 1 aromatic carbocycles. The fourth-order valence-electron chi connectivity index (χ4n) is 2.97. The second kappa shape index (κ2) is 7.23. The largest absolute Gasteiger partial charge is 0.330 e. The number of carbonyl (C=O) groups is 1. The maximum atomic E-state index is 12.9. The molecule has 1 fully saturated rings. The predicted octanol–water partition coefficient (Wildman–Crippen LogP) is 4.05. The van der Waals surface area contributed by atoms with E-state index in [1.54, 1.807) is 0 Å². The van der Waals surface area contributed by atoms with Crippen molar-refractivity contribution in [3.63, 3.8) is 0 Å². The van der Waals surface area contributed by atoms with Crippen LogP contribution in [0.25, 0.3) is 0 Å². The fraction of sp³-hybridized carbons (Fsp3) is 0.300. The third-order valence-electron chi connectivity index (χ3n) is 4.52. The first-order chi connectivity index (χ1) is 12.3. The van der Waals surface area contributed by atoms with Gasteiger partial charge in [-0.15, -0.1) is 11.3 Å². The van der Waals surface area contributed by atoms with Crippen LogP contribution in [0, 0.1) is 5.92 Å². The van der Waals surface area contributed by atoms with Gasteiger partial charge in [-0.25, -0.2) is 4.98 Å². The van der Waals surface area contributed by atoms with Crippen LogP contribution in [0.15, 0.2) is 60.2 Å². The minimum absolute atomic E-state index is 0.121. The molecule has 1 aliphatic rings. The van der Waals surface area contributed by atoms with Gasteiger partial charge in [-0.1, -0.05) is 36.4 Å². The second-order valence-corrected chi connectivity index (χ2v) is 7.51. The summed E-state index contributed by atoms with van der Waals surface area (Å²) in [7, 11) is 0. The van der Waals surface area contributed by atoms with Gasteiger partial charge in [0.25, 0.3) is 5.91 Å². The van der Waals surface area contributed by atoms with Gasteiger partial charge in [-0.2, -0.15) is 0 Å². The molecule has 2 aromatic heterocycles. The van der Waals surface area contributed by atoms with E-state index < -0.39 is 0 Å². The lowest BCUT2D eigenvalue weighted by molar-refractivity contribution is 0.0733. The molecule has 0 saturated heterocycles. The molecular formula is C20H21N3OS. The Kier molecular flexibility index (Phi) is 4.65. The first-order valence-electron chi connectivity index (χ1n) is 8.66. The van der Waals surface area contributed by atoms with Crippen molar-refractivity contribution >= 4 is 17.2 Å². The number of amides is 1. The number of thiophene rings is 1. The predicted molar refractivity (Wildman–Crippen MR) is 99.6 cm³/mol. The Morgan fingerprint density at radius 3 is 2.76 bits per heavy atom. The topological polar surface area (TPSA) is 38.1 Å². The molecule has 2 heterocycles. The molecule has 0 bridgehead atoms. The first-order valence-corrected chi connectivity index (χ1v) is 9.54. The summed E-state index contributed by atoms with van der Waals surface area (Å²) in [6.45, 7) is 2.17. The molecule has 4 rings (SSSR count). The normalized spacial score (nSPS) is 13.8. The molecule has 1 aliphatic carbocycles. The van der Waals surface area contributed by atoms with Crippen molar-refractivity contribution < 1.29 is 4.79 Å². The number of aromatic nitrogens is 2. The molecule has 0 N–H and O–H groups in total. The highest BCUT2D eigenvalue weighted by molar-refractivity contribution is 7.12. The zero-order chi connectivity index (χ0) is 17.1. The van der Waals surface area contributed by atoms with E-state index in [1.165, 1.54) is 29.7 Å². The monoisotopic (exact) mass is 351 g/mol. The van der Waals surface area contributed by atoms with Crippen LogP contribution in [-0.4, -0.2) is 26.9 Å². The minimum atomic E-state index is 0.121. The van der Waals surface area contributed by atoms with Crippen LogP contribution in [0.2, 0.25) is 0 Å². The molecule has 128 valence electrons. The molecule has 1 amide bonds. The summed E-state index contributed by atoms with van der Waals surface area (Å²) in [6.07, 6.45) is 6.27. The lowest BCUT2D eigenvalue weighted by atomic mass is 10.2. The van der Waals surface area contributed by atoms with Crippen molar-refractivity contribution in [2.45, 2.75) is 25.9 Å². The highest BCUT2D eigenvalue weighted by atomic mass is 32.1. The van der Waals surface area contributed by atoms with Crippen LogP contribution in [-0.2, 0) is 13.1 Å². The molecule has 3 aromatic rings. The molecule has 0 aliphatic heterocycles. The number of nitrogens with zero attached hydrogens (tertiary/aromatic N) is 3. The SMILES string of the molecule is O=C(c1cccs1)N(Cc1nccn1Cc1ccccc1)CC1CC1. The van der Waals surface area contributed by atoms with Gasteiger partial charge in [0.1, 0.15) is 5.82 Å². The number of benzene rings is 1. The molecule has 5 heteroatoms. The quantitative estimate of drug-likeness (QED) is 0.644. The van der Waals surface area contributed by atoms with Gasteiger partial charge in [0.2, 0.25) is 0 Å². The number of rotatable bonds is 7. The summed E-state index contributed by atoms with van der Waals surface area (Å²) < 4.78 is 2.14. The van der Waals surface area contributed by atoms with Crippen molar-refractivity contribution in [3.05, 3.63) is 76.5 Å². The molecule has 0 spiro atoms. The molecule has 0 radical (unpaired) electrons. The highest BCUT2D eigenvalue weighted by Crippen LogP contribution is 2.31. The Morgan fingerprint density at radius 1 is 1.20 bits per heavy atom. The fourth-order valence-corrected chi connectivity index (χ4v) is 3.66. The third-order valence-corrected chi connectivity index (χ3v) is 5.38. The molecule has 25 heavy (non-hydrogen) atoms. The van der Waals surface area contributed by atoms with E-state index in [-0.39, 0.29) is 5.91 Å². The third kappa shape index (κ3) is 3.99. The van der Waals surface area contributed by atoms with Gasteiger partial charge >= 0.3 is 0 Å². The summed E-state index contributed by atoms with van der Waals surface area (Å²) >= 11 is 1.51. The van der Waals surface area contributed by atoms with Gasteiger partial charge in [0.15, 0.2) is 0 Å². The summed E-state index contributed by atoms with van der Waals surface area (Å²) in [6, 6.07) is 14.2. The first kappa shape index (κ1) is 16.1. The molecule has 1 saturated carbocycles. The molecule has 0 atom stereocenters. The highest BCUT2D eigenvalue weighted by Gasteiger charge is 2.28. The van der Waals surface area contributed by atoms with E-state index in [4.69, 9.17) is 0 Å². The van der Waals surface area contributed by atoms with Crippen molar-refractivity contribution in [3.8, 4) is 0 Å². The van der Waals surface area contributed by atoms with E-state index in [1.807, 2.05) is 53.0 Å². The number of imidazole rings is 1. The molecule has 0 unspecified atom stereocenters. The van der Waals surface area contributed by atoms with Gasteiger partial charge in [0.05, 0.1) is 11.4 Å². The maximum Gasteiger partial charge on any atom is 0.264 e. The summed E-state index contributed by atoms with van der Waals surface area (Å²) in [5, 5.41) is 1.96. The van der Waals surface area contributed by atoms with Crippen LogP contribution in [0.3, 0.4) is 0 Å². The average molecular weight is 351 g/mol. The van der Waals surface area contributed by atoms with Crippen LogP contribution in [0.4, 0.5) is 0 Å². The van der Waals surface area contributed by atoms with Gasteiger partial charge in [0, 0.05) is 25.5 Å². The maximum absolute atomic E-state index is 12.9. The Hall–Kier alpha value is -2.40. The van der Waals surface area contributed by atoms with Crippen molar-refractivity contribution in [1.29, 1.82) is 0 Å².